The highest BCUT2D eigenvalue weighted by atomic mass is 127. The first kappa shape index (κ1) is 13.2. The fourth-order valence-corrected chi connectivity index (χ4v) is 2.23. The molecule has 0 saturated carbocycles. The van der Waals surface area contributed by atoms with Crippen LogP contribution in [0.1, 0.15) is 23.2 Å². The number of fused-ring (bicyclic) bond motifs is 1. The fourth-order valence-electron chi connectivity index (χ4n) is 1.69. The van der Waals surface area contributed by atoms with Crippen LogP contribution in [0.2, 0.25) is 0 Å². The van der Waals surface area contributed by atoms with Crippen LogP contribution in [-0.2, 0) is 0 Å². The summed E-state index contributed by atoms with van der Waals surface area (Å²) in [5, 5.41) is 2.92. The van der Waals surface area contributed by atoms with Gasteiger partial charge in [0.25, 0.3) is 5.91 Å². The van der Waals surface area contributed by atoms with E-state index in [0.717, 1.165) is 22.8 Å². The summed E-state index contributed by atoms with van der Waals surface area (Å²) in [5.41, 5.74) is 2.00. The summed E-state index contributed by atoms with van der Waals surface area (Å²) in [6, 6.07) is 5.47. The third kappa shape index (κ3) is 3.16. The molecule has 0 radical (unpaired) electrons. The Morgan fingerprint density at radius 2 is 2.06 bits per heavy atom. The Morgan fingerprint density at radius 1 is 1.22 bits per heavy atom. The number of para-hydroxylation sites is 1. The number of amides is 1. The number of benzene rings is 1. The Balaban J connectivity index is 2.13. The average Bonchev–Trinajstić information content (AvgIpc) is 2.43. The number of nitrogens with one attached hydrogen (secondary N) is 1. The van der Waals surface area contributed by atoms with Gasteiger partial charge in [-0.3, -0.25) is 14.8 Å². The molecule has 2 rings (SSSR count). The fraction of sp³-hybridized carbons (Fsp3) is 0.308. The maximum Gasteiger partial charge on any atom is 0.253 e. The maximum absolute atomic E-state index is 12.0. The Bertz CT molecular complexity index is 539. The summed E-state index contributed by atoms with van der Waals surface area (Å²) >= 11 is 2.34. The van der Waals surface area contributed by atoms with Crippen molar-refractivity contribution in [2.24, 2.45) is 0 Å². The van der Waals surface area contributed by atoms with Crippen LogP contribution in [0.3, 0.4) is 0 Å². The van der Waals surface area contributed by atoms with Crippen molar-refractivity contribution in [1.82, 2.24) is 15.3 Å². The molecule has 1 N–H and O–H groups in total. The largest absolute Gasteiger partial charge is 0.352 e. The average molecular weight is 355 g/mol. The summed E-state index contributed by atoms with van der Waals surface area (Å²) in [6.07, 6.45) is 5.36. The van der Waals surface area contributed by atoms with Gasteiger partial charge in [0.1, 0.15) is 5.52 Å². The quantitative estimate of drug-likeness (QED) is 0.510. The van der Waals surface area contributed by atoms with Gasteiger partial charge in [-0.15, -0.1) is 0 Å². The summed E-state index contributed by atoms with van der Waals surface area (Å²) in [7, 11) is 0. The summed E-state index contributed by atoms with van der Waals surface area (Å²) in [5.74, 6) is -0.0745. The SMILES string of the molecule is O=C(NCCCCI)c1cccc2nccnc12. The zero-order valence-electron chi connectivity index (χ0n) is 9.90. The van der Waals surface area contributed by atoms with Crippen molar-refractivity contribution in [1.29, 1.82) is 0 Å². The molecule has 0 fully saturated rings. The second kappa shape index (κ2) is 6.63. The van der Waals surface area contributed by atoms with Crippen molar-refractivity contribution in [3.8, 4) is 0 Å². The van der Waals surface area contributed by atoms with Gasteiger partial charge in [0, 0.05) is 18.9 Å². The predicted molar refractivity (Wildman–Crippen MR) is 80.0 cm³/mol. The first-order chi connectivity index (χ1) is 8.83. The molecular weight excluding hydrogens is 341 g/mol. The molecule has 1 aromatic heterocycles. The number of unbranched alkanes of at least 4 members (excludes halogenated alkanes) is 1. The monoisotopic (exact) mass is 355 g/mol. The van der Waals surface area contributed by atoms with Crippen molar-refractivity contribution >= 4 is 39.5 Å². The molecule has 1 amide bonds. The third-order valence-electron chi connectivity index (χ3n) is 2.59. The van der Waals surface area contributed by atoms with E-state index in [1.54, 1.807) is 18.5 Å². The van der Waals surface area contributed by atoms with E-state index in [0.29, 0.717) is 17.6 Å². The first-order valence-electron chi connectivity index (χ1n) is 5.87. The molecule has 0 aliphatic rings. The minimum atomic E-state index is -0.0745. The van der Waals surface area contributed by atoms with E-state index in [4.69, 9.17) is 0 Å². The van der Waals surface area contributed by atoms with Crippen LogP contribution >= 0.6 is 22.6 Å². The van der Waals surface area contributed by atoms with Crippen molar-refractivity contribution < 1.29 is 4.79 Å². The Labute approximate surface area is 119 Å². The number of hydrogen-bond donors (Lipinski definition) is 1. The molecule has 0 aliphatic carbocycles. The van der Waals surface area contributed by atoms with Crippen LogP contribution in [0.15, 0.2) is 30.6 Å². The van der Waals surface area contributed by atoms with Crippen LogP contribution in [0.25, 0.3) is 11.0 Å². The minimum absolute atomic E-state index is 0.0745. The summed E-state index contributed by atoms with van der Waals surface area (Å²) in [6.45, 7) is 0.707. The summed E-state index contributed by atoms with van der Waals surface area (Å²) in [4.78, 5) is 20.5. The molecule has 94 valence electrons. The molecule has 1 heterocycles. The van der Waals surface area contributed by atoms with Crippen molar-refractivity contribution in [2.75, 3.05) is 11.0 Å². The van der Waals surface area contributed by atoms with E-state index in [1.807, 2.05) is 12.1 Å². The van der Waals surface area contributed by atoms with E-state index >= 15 is 0 Å². The number of carbonyl (C=O) groups excluding carboxylic acids is 1. The van der Waals surface area contributed by atoms with Gasteiger partial charge in [-0.05, 0) is 29.4 Å². The van der Waals surface area contributed by atoms with Gasteiger partial charge in [0.2, 0.25) is 0 Å². The van der Waals surface area contributed by atoms with Crippen LogP contribution in [0.4, 0.5) is 0 Å². The maximum atomic E-state index is 12.0. The number of nitrogens with zero attached hydrogens (tertiary/aromatic N) is 2. The van der Waals surface area contributed by atoms with Gasteiger partial charge in [0.05, 0.1) is 11.1 Å². The standard InChI is InChI=1S/C13H14IN3O/c14-6-1-2-7-17-13(18)10-4-3-5-11-12(10)16-9-8-15-11/h3-5,8-9H,1-2,6-7H2,(H,17,18). The van der Waals surface area contributed by atoms with Crippen LogP contribution < -0.4 is 5.32 Å². The molecule has 0 saturated heterocycles. The zero-order valence-corrected chi connectivity index (χ0v) is 12.1. The topological polar surface area (TPSA) is 54.9 Å². The third-order valence-corrected chi connectivity index (χ3v) is 3.35. The number of hydrogen-bond acceptors (Lipinski definition) is 3. The van der Waals surface area contributed by atoms with Crippen LogP contribution in [-0.4, -0.2) is 26.8 Å². The van der Waals surface area contributed by atoms with Gasteiger partial charge >= 0.3 is 0 Å². The van der Waals surface area contributed by atoms with Gasteiger partial charge in [-0.25, -0.2) is 0 Å². The van der Waals surface area contributed by atoms with Crippen molar-refractivity contribution in [3.63, 3.8) is 0 Å². The number of rotatable bonds is 5. The molecule has 0 atom stereocenters. The van der Waals surface area contributed by atoms with Crippen molar-refractivity contribution in [2.45, 2.75) is 12.8 Å². The lowest BCUT2D eigenvalue weighted by atomic mass is 10.1. The molecule has 0 aliphatic heterocycles. The molecule has 1 aromatic carbocycles. The Kier molecular flexibility index (Phi) is 4.86. The Hall–Kier alpha value is -1.24. The molecule has 4 nitrogen and oxygen atoms in total. The normalized spacial score (nSPS) is 10.5. The molecule has 0 bridgehead atoms. The van der Waals surface area contributed by atoms with Crippen LogP contribution in [0, 0.1) is 0 Å². The second-order valence-corrected chi connectivity index (χ2v) is 4.96. The molecule has 5 heteroatoms. The lowest BCUT2D eigenvalue weighted by Crippen LogP contribution is -2.24. The number of carbonyl (C=O) groups is 1. The van der Waals surface area contributed by atoms with Gasteiger partial charge in [-0.2, -0.15) is 0 Å². The van der Waals surface area contributed by atoms with Crippen molar-refractivity contribution in [3.05, 3.63) is 36.2 Å². The Morgan fingerprint density at radius 3 is 2.89 bits per heavy atom. The van der Waals surface area contributed by atoms with Crippen LogP contribution in [0.5, 0.6) is 0 Å². The summed E-state index contributed by atoms with van der Waals surface area (Å²) < 4.78 is 1.12. The van der Waals surface area contributed by atoms with E-state index in [-0.39, 0.29) is 5.91 Å². The minimum Gasteiger partial charge on any atom is -0.352 e. The molecular formula is C13H14IN3O. The molecule has 2 aromatic rings. The van der Waals surface area contributed by atoms with E-state index < -0.39 is 0 Å². The molecule has 0 spiro atoms. The number of halogens is 1. The van der Waals surface area contributed by atoms with E-state index in [1.165, 1.54) is 0 Å². The predicted octanol–water partition coefficient (Wildman–Crippen LogP) is 2.57. The van der Waals surface area contributed by atoms with Gasteiger partial charge in [0.15, 0.2) is 0 Å². The molecule has 18 heavy (non-hydrogen) atoms. The zero-order chi connectivity index (χ0) is 12.8. The van der Waals surface area contributed by atoms with E-state index in [2.05, 4.69) is 37.9 Å². The molecule has 0 unspecified atom stereocenters. The van der Waals surface area contributed by atoms with Gasteiger partial charge < -0.3 is 5.32 Å². The number of alkyl halides is 1. The highest BCUT2D eigenvalue weighted by Crippen LogP contribution is 2.13. The lowest BCUT2D eigenvalue weighted by Gasteiger charge is -2.06. The first-order valence-corrected chi connectivity index (χ1v) is 7.39. The second-order valence-electron chi connectivity index (χ2n) is 3.88. The smallest absolute Gasteiger partial charge is 0.253 e. The highest BCUT2D eigenvalue weighted by Gasteiger charge is 2.10. The van der Waals surface area contributed by atoms with E-state index in [9.17, 15) is 4.79 Å². The lowest BCUT2D eigenvalue weighted by molar-refractivity contribution is 0.0954. The van der Waals surface area contributed by atoms with Gasteiger partial charge in [-0.1, -0.05) is 28.7 Å². The number of aromatic nitrogens is 2. The highest BCUT2D eigenvalue weighted by molar-refractivity contribution is 14.1.